The number of carboxylic acid groups (broad SMARTS) is 1. The van der Waals surface area contributed by atoms with E-state index in [4.69, 9.17) is 15.2 Å². The maximum atomic E-state index is 13.4. The van der Waals surface area contributed by atoms with Crippen molar-refractivity contribution in [3.8, 4) is 0 Å². The van der Waals surface area contributed by atoms with Crippen LogP contribution >= 0.6 is 0 Å². The highest BCUT2D eigenvalue weighted by Crippen LogP contribution is 2.24. The SMILES string of the molecule is CC(C)[C@H](NC(=O)[C@H](Cc1cn(C(=O)OC(C)(C)C)c2ccccc12)NC(=O)[C@@H](N)CC(=O)OC(C)(C)C)C(=O)O. The van der Waals surface area contributed by atoms with E-state index in [-0.39, 0.29) is 6.42 Å². The van der Waals surface area contributed by atoms with Crippen molar-refractivity contribution in [3.63, 3.8) is 0 Å². The standard InChI is InChI=1S/C29H42N4O8/c1-16(2)23(26(37)38)32-25(36)20(31-24(35)19(30)14-22(34)40-28(3,4)5)13-17-15-33(27(39)41-29(6,7)8)21-12-10-9-11-18(17)21/h9-12,15-16,19-20,23H,13-14,30H2,1-8H3,(H,31,35)(H,32,36)(H,37,38)/t19-,20-,23-/m0/s1. The highest BCUT2D eigenvalue weighted by Gasteiger charge is 2.32. The van der Waals surface area contributed by atoms with Crippen molar-refractivity contribution >= 4 is 40.7 Å². The van der Waals surface area contributed by atoms with E-state index in [1.54, 1.807) is 79.7 Å². The summed E-state index contributed by atoms with van der Waals surface area (Å²) in [5.74, 6) is -3.94. The van der Waals surface area contributed by atoms with Crippen LogP contribution in [0.3, 0.4) is 0 Å². The van der Waals surface area contributed by atoms with Crippen molar-refractivity contribution in [2.24, 2.45) is 11.7 Å². The van der Waals surface area contributed by atoms with Crippen LogP contribution in [0.2, 0.25) is 0 Å². The van der Waals surface area contributed by atoms with E-state index in [0.717, 1.165) is 0 Å². The number of fused-ring (bicyclic) bond motifs is 1. The monoisotopic (exact) mass is 574 g/mol. The Bertz CT molecular complexity index is 1290. The summed E-state index contributed by atoms with van der Waals surface area (Å²) in [6, 6.07) is 3.13. The molecule has 5 N–H and O–H groups in total. The molecule has 0 saturated carbocycles. The molecule has 2 aromatic rings. The number of amides is 2. The van der Waals surface area contributed by atoms with Gasteiger partial charge in [0.15, 0.2) is 0 Å². The lowest BCUT2D eigenvalue weighted by molar-refractivity contribution is -0.156. The number of rotatable bonds is 10. The molecule has 1 heterocycles. The minimum Gasteiger partial charge on any atom is -0.480 e. The number of aliphatic carboxylic acids is 1. The van der Waals surface area contributed by atoms with E-state index in [2.05, 4.69) is 10.6 Å². The minimum absolute atomic E-state index is 0.114. The lowest BCUT2D eigenvalue weighted by atomic mass is 10.0. The smallest absolute Gasteiger partial charge is 0.419 e. The molecule has 1 aromatic carbocycles. The Hall–Kier alpha value is -3.93. The van der Waals surface area contributed by atoms with Crippen molar-refractivity contribution < 1.29 is 38.6 Å². The Balaban J connectivity index is 2.42. The van der Waals surface area contributed by atoms with Gasteiger partial charge < -0.3 is 30.9 Å². The minimum atomic E-state index is -1.33. The van der Waals surface area contributed by atoms with Crippen LogP contribution in [0.5, 0.6) is 0 Å². The normalized spacial score (nSPS) is 14.2. The second kappa shape index (κ2) is 13.2. The lowest BCUT2D eigenvalue weighted by Crippen LogP contribution is -2.56. The van der Waals surface area contributed by atoms with Crippen molar-refractivity contribution in [1.29, 1.82) is 0 Å². The van der Waals surface area contributed by atoms with Crippen LogP contribution in [0.25, 0.3) is 10.9 Å². The molecule has 2 rings (SSSR count). The first-order valence-corrected chi connectivity index (χ1v) is 13.4. The summed E-state index contributed by atoms with van der Waals surface area (Å²) >= 11 is 0. The fourth-order valence-corrected chi connectivity index (χ4v) is 4.01. The predicted molar refractivity (Wildman–Crippen MR) is 152 cm³/mol. The quantitative estimate of drug-likeness (QED) is 0.310. The van der Waals surface area contributed by atoms with E-state index in [9.17, 15) is 29.1 Å². The number of benzene rings is 1. The average molecular weight is 575 g/mol. The number of nitrogens with one attached hydrogen (secondary N) is 2. The lowest BCUT2D eigenvalue weighted by Gasteiger charge is -2.25. The molecule has 0 aliphatic carbocycles. The largest absolute Gasteiger partial charge is 0.480 e. The van der Waals surface area contributed by atoms with E-state index >= 15 is 0 Å². The number of hydrogen-bond donors (Lipinski definition) is 4. The van der Waals surface area contributed by atoms with Gasteiger partial charge in [-0.3, -0.25) is 19.0 Å². The highest BCUT2D eigenvalue weighted by molar-refractivity contribution is 5.95. The van der Waals surface area contributed by atoms with Gasteiger partial charge >= 0.3 is 18.0 Å². The number of aromatic nitrogens is 1. The predicted octanol–water partition coefficient (Wildman–Crippen LogP) is 2.74. The maximum Gasteiger partial charge on any atom is 0.419 e. The van der Waals surface area contributed by atoms with Gasteiger partial charge in [0.1, 0.15) is 23.3 Å². The summed E-state index contributed by atoms with van der Waals surface area (Å²) in [5.41, 5.74) is 5.47. The number of carbonyl (C=O) groups excluding carboxylic acids is 4. The Morgan fingerprint density at radius 3 is 2.05 bits per heavy atom. The number of nitrogens with zero attached hydrogens (tertiary/aromatic N) is 1. The van der Waals surface area contributed by atoms with Gasteiger partial charge in [0.2, 0.25) is 11.8 Å². The first-order valence-electron chi connectivity index (χ1n) is 13.4. The highest BCUT2D eigenvalue weighted by atomic mass is 16.6. The second-order valence-electron chi connectivity index (χ2n) is 12.3. The third kappa shape index (κ3) is 9.89. The molecular weight excluding hydrogens is 532 g/mol. The Kier molecular flexibility index (Phi) is 10.7. The molecule has 41 heavy (non-hydrogen) atoms. The molecular formula is C29H42N4O8. The van der Waals surface area contributed by atoms with E-state index in [1.165, 1.54) is 10.8 Å². The summed E-state index contributed by atoms with van der Waals surface area (Å²) in [6.07, 6.45) is 0.342. The molecule has 0 saturated heterocycles. The Morgan fingerprint density at radius 2 is 1.51 bits per heavy atom. The van der Waals surface area contributed by atoms with Crippen molar-refractivity contribution in [2.75, 3.05) is 0 Å². The van der Waals surface area contributed by atoms with E-state index in [0.29, 0.717) is 16.5 Å². The third-order valence-corrected chi connectivity index (χ3v) is 5.82. The number of nitrogens with two attached hydrogens (primary N) is 1. The van der Waals surface area contributed by atoms with E-state index < -0.39 is 71.5 Å². The molecule has 0 spiro atoms. The fraction of sp³-hybridized carbons (Fsp3) is 0.552. The molecule has 2 amide bonds. The Morgan fingerprint density at radius 1 is 0.927 bits per heavy atom. The molecule has 0 radical (unpaired) electrons. The van der Waals surface area contributed by atoms with Gasteiger partial charge in [-0.2, -0.15) is 0 Å². The molecule has 226 valence electrons. The van der Waals surface area contributed by atoms with Gasteiger partial charge in [-0.15, -0.1) is 0 Å². The van der Waals surface area contributed by atoms with Crippen LogP contribution in [0.15, 0.2) is 30.5 Å². The van der Waals surface area contributed by atoms with Gasteiger partial charge in [0.25, 0.3) is 0 Å². The number of carbonyl (C=O) groups is 5. The van der Waals surface area contributed by atoms with Crippen LogP contribution in [-0.4, -0.2) is 68.8 Å². The Labute approximate surface area is 239 Å². The zero-order valence-corrected chi connectivity index (χ0v) is 24.9. The summed E-state index contributed by atoms with van der Waals surface area (Å²) in [7, 11) is 0. The van der Waals surface area contributed by atoms with Crippen LogP contribution < -0.4 is 16.4 Å². The van der Waals surface area contributed by atoms with Crippen molar-refractivity contribution in [1.82, 2.24) is 15.2 Å². The summed E-state index contributed by atoms with van der Waals surface area (Å²) in [4.78, 5) is 63.3. The summed E-state index contributed by atoms with van der Waals surface area (Å²) in [6.45, 7) is 13.5. The number of esters is 1. The summed E-state index contributed by atoms with van der Waals surface area (Å²) < 4.78 is 12.1. The van der Waals surface area contributed by atoms with Crippen LogP contribution in [0.4, 0.5) is 4.79 Å². The topological polar surface area (TPSA) is 179 Å². The number of hydrogen-bond acceptors (Lipinski definition) is 8. The fourth-order valence-electron chi connectivity index (χ4n) is 4.01. The summed E-state index contributed by atoms with van der Waals surface area (Å²) in [5, 5.41) is 15.3. The molecule has 0 unspecified atom stereocenters. The molecule has 0 aliphatic heterocycles. The van der Waals surface area contributed by atoms with Gasteiger partial charge in [-0.05, 0) is 59.1 Å². The molecule has 12 nitrogen and oxygen atoms in total. The maximum absolute atomic E-state index is 13.4. The van der Waals surface area contributed by atoms with Gasteiger partial charge in [0.05, 0.1) is 18.0 Å². The molecule has 0 bridgehead atoms. The molecule has 12 heteroatoms. The molecule has 1 aromatic heterocycles. The average Bonchev–Trinajstić information content (AvgIpc) is 3.17. The first-order chi connectivity index (χ1) is 18.8. The van der Waals surface area contributed by atoms with Crippen LogP contribution in [0.1, 0.15) is 67.4 Å². The number of carboxylic acids is 1. The van der Waals surface area contributed by atoms with Gasteiger partial charge in [-0.25, -0.2) is 9.59 Å². The zero-order chi connectivity index (χ0) is 31.3. The van der Waals surface area contributed by atoms with E-state index in [1.807, 2.05) is 0 Å². The first kappa shape index (κ1) is 33.3. The molecule has 0 aliphatic rings. The van der Waals surface area contributed by atoms with Gasteiger partial charge in [-0.1, -0.05) is 32.0 Å². The third-order valence-electron chi connectivity index (χ3n) is 5.82. The van der Waals surface area contributed by atoms with Crippen molar-refractivity contribution in [2.45, 2.75) is 97.6 Å². The molecule has 3 atom stereocenters. The number of para-hydroxylation sites is 1. The molecule has 0 fully saturated rings. The van der Waals surface area contributed by atoms with Crippen LogP contribution in [0, 0.1) is 5.92 Å². The number of ether oxygens (including phenoxy) is 2. The van der Waals surface area contributed by atoms with Gasteiger partial charge in [0, 0.05) is 18.0 Å². The second-order valence-corrected chi connectivity index (χ2v) is 12.3. The van der Waals surface area contributed by atoms with Crippen LogP contribution in [-0.2, 0) is 35.1 Å². The zero-order valence-electron chi connectivity index (χ0n) is 24.9. The van der Waals surface area contributed by atoms with Crippen molar-refractivity contribution in [3.05, 3.63) is 36.0 Å².